The first-order valence-corrected chi connectivity index (χ1v) is 6.35. The smallest absolute Gasteiger partial charge is 0.0704 e. The lowest BCUT2D eigenvalue weighted by molar-refractivity contribution is -0.126. The van der Waals surface area contributed by atoms with Crippen molar-refractivity contribution >= 4 is 0 Å². The molecular formula is C13H27NO2. The minimum atomic E-state index is 0.257. The minimum absolute atomic E-state index is 0.257. The summed E-state index contributed by atoms with van der Waals surface area (Å²) in [5.74, 6) is 0.605. The second-order valence-electron chi connectivity index (χ2n) is 5.73. The summed E-state index contributed by atoms with van der Waals surface area (Å²) in [5, 5.41) is 3.33. The van der Waals surface area contributed by atoms with Crippen LogP contribution in [0, 0.1) is 11.3 Å². The van der Waals surface area contributed by atoms with Crippen molar-refractivity contribution in [3.63, 3.8) is 0 Å². The van der Waals surface area contributed by atoms with Gasteiger partial charge in [0, 0.05) is 18.1 Å². The van der Waals surface area contributed by atoms with Gasteiger partial charge < -0.3 is 14.8 Å². The highest BCUT2D eigenvalue weighted by Gasteiger charge is 2.47. The Morgan fingerprint density at radius 3 is 2.50 bits per heavy atom. The fourth-order valence-electron chi connectivity index (χ4n) is 2.23. The summed E-state index contributed by atoms with van der Waals surface area (Å²) in [6.07, 6.45) is 1.50. The van der Waals surface area contributed by atoms with Crippen molar-refractivity contribution in [1.29, 1.82) is 0 Å². The lowest BCUT2D eigenvalue weighted by atomic mass is 9.64. The van der Waals surface area contributed by atoms with Crippen LogP contribution in [0.2, 0.25) is 0 Å². The zero-order valence-corrected chi connectivity index (χ0v) is 11.4. The molecule has 1 N–H and O–H groups in total. The molecule has 3 heteroatoms. The third-order valence-electron chi connectivity index (χ3n) is 3.52. The number of hydrogen-bond donors (Lipinski definition) is 1. The minimum Gasteiger partial charge on any atom is -0.379 e. The maximum absolute atomic E-state index is 5.84. The maximum Gasteiger partial charge on any atom is 0.0704 e. The Morgan fingerprint density at radius 1 is 1.31 bits per heavy atom. The second kappa shape index (κ2) is 5.99. The average molecular weight is 229 g/mol. The molecule has 0 amide bonds. The van der Waals surface area contributed by atoms with Gasteiger partial charge in [-0.2, -0.15) is 0 Å². The van der Waals surface area contributed by atoms with Gasteiger partial charge in [0.2, 0.25) is 0 Å². The molecule has 16 heavy (non-hydrogen) atoms. The van der Waals surface area contributed by atoms with Crippen LogP contribution in [-0.4, -0.2) is 39.0 Å². The Balaban J connectivity index is 2.07. The van der Waals surface area contributed by atoms with Gasteiger partial charge in [-0.3, -0.25) is 0 Å². The van der Waals surface area contributed by atoms with E-state index < -0.39 is 0 Å². The van der Waals surface area contributed by atoms with E-state index in [4.69, 9.17) is 9.47 Å². The molecule has 0 aliphatic heterocycles. The van der Waals surface area contributed by atoms with E-state index in [-0.39, 0.29) is 5.41 Å². The third-order valence-corrected chi connectivity index (χ3v) is 3.52. The third kappa shape index (κ3) is 3.44. The van der Waals surface area contributed by atoms with Gasteiger partial charge in [0.05, 0.1) is 19.3 Å². The van der Waals surface area contributed by atoms with Crippen molar-refractivity contribution in [2.45, 2.75) is 46.3 Å². The van der Waals surface area contributed by atoms with E-state index in [0.717, 1.165) is 26.2 Å². The van der Waals surface area contributed by atoms with Crippen molar-refractivity contribution in [2.24, 2.45) is 11.3 Å². The number of ether oxygens (including phenoxy) is 2. The normalized spacial score (nSPS) is 28.1. The van der Waals surface area contributed by atoms with E-state index in [9.17, 15) is 0 Å². The standard InChI is InChI=1S/C13H27NO2/c1-10(2)9-15-6-7-16-12-8-11(14-5)13(12,3)4/h10-12,14H,6-9H2,1-5H3. The highest BCUT2D eigenvalue weighted by atomic mass is 16.5. The molecule has 0 aromatic carbocycles. The molecule has 2 atom stereocenters. The van der Waals surface area contributed by atoms with E-state index in [1.807, 2.05) is 7.05 Å². The number of hydrogen-bond acceptors (Lipinski definition) is 3. The average Bonchev–Trinajstić information content (AvgIpc) is 2.20. The van der Waals surface area contributed by atoms with Gasteiger partial charge in [-0.05, 0) is 19.4 Å². The summed E-state index contributed by atoms with van der Waals surface area (Å²) in [5.41, 5.74) is 0.257. The van der Waals surface area contributed by atoms with Gasteiger partial charge in [-0.1, -0.05) is 27.7 Å². The Bertz CT molecular complexity index is 204. The molecule has 1 aliphatic rings. The van der Waals surface area contributed by atoms with Crippen LogP contribution in [-0.2, 0) is 9.47 Å². The maximum atomic E-state index is 5.84. The Labute approximate surface area is 99.9 Å². The van der Waals surface area contributed by atoms with E-state index >= 15 is 0 Å². The van der Waals surface area contributed by atoms with Gasteiger partial charge in [0.25, 0.3) is 0 Å². The Hall–Kier alpha value is -0.120. The van der Waals surface area contributed by atoms with Gasteiger partial charge in [0.15, 0.2) is 0 Å². The summed E-state index contributed by atoms with van der Waals surface area (Å²) in [7, 11) is 2.02. The summed E-state index contributed by atoms with van der Waals surface area (Å²) >= 11 is 0. The lowest BCUT2D eigenvalue weighted by Crippen LogP contribution is -2.60. The summed E-state index contributed by atoms with van der Waals surface area (Å²) in [6, 6.07) is 0.592. The molecule has 0 aromatic heterocycles. The molecular weight excluding hydrogens is 202 g/mol. The first-order valence-electron chi connectivity index (χ1n) is 6.35. The molecule has 0 saturated heterocycles. The summed E-state index contributed by atoms with van der Waals surface area (Å²) < 4.78 is 11.3. The molecule has 0 heterocycles. The van der Waals surface area contributed by atoms with Crippen molar-refractivity contribution in [2.75, 3.05) is 26.9 Å². The Morgan fingerprint density at radius 2 is 2.00 bits per heavy atom. The molecule has 96 valence electrons. The molecule has 1 fully saturated rings. The van der Waals surface area contributed by atoms with Crippen LogP contribution < -0.4 is 5.32 Å². The predicted octanol–water partition coefficient (Wildman–Crippen LogP) is 2.06. The van der Waals surface area contributed by atoms with E-state index in [1.54, 1.807) is 0 Å². The Kier molecular flexibility index (Phi) is 5.22. The molecule has 3 nitrogen and oxygen atoms in total. The fourth-order valence-corrected chi connectivity index (χ4v) is 2.23. The van der Waals surface area contributed by atoms with Crippen LogP contribution in [0.4, 0.5) is 0 Å². The van der Waals surface area contributed by atoms with Crippen molar-refractivity contribution < 1.29 is 9.47 Å². The van der Waals surface area contributed by atoms with Crippen molar-refractivity contribution in [3.8, 4) is 0 Å². The highest BCUT2D eigenvalue weighted by molar-refractivity contribution is 5.02. The van der Waals surface area contributed by atoms with Crippen LogP contribution in [0.5, 0.6) is 0 Å². The molecule has 2 unspecified atom stereocenters. The number of rotatable bonds is 7. The zero-order chi connectivity index (χ0) is 12.2. The first kappa shape index (κ1) is 13.9. The molecule has 0 bridgehead atoms. The molecule has 1 saturated carbocycles. The van der Waals surface area contributed by atoms with Crippen LogP contribution in [0.25, 0.3) is 0 Å². The summed E-state index contributed by atoms with van der Waals surface area (Å²) in [4.78, 5) is 0. The van der Waals surface area contributed by atoms with Gasteiger partial charge >= 0.3 is 0 Å². The lowest BCUT2D eigenvalue weighted by Gasteiger charge is -2.51. The van der Waals surface area contributed by atoms with Crippen LogP contribution in [0.3, 0.4) is 0 Å². The van der Waals surface area contributed by atoms with Gasteiger partial charge in [-0.15, -0.1) is 0 Å². The van der Waals surface area contributed by atoms with E-state index in [0.29, 0.717) is 18.1 Å². The first-order chi connectivity index (χ1) is 7.48. The van der Waals surface area contributed by atoms with Crippen molar-refractivity contribution in [1.82, 2.24) is 5.32 Å². The highest BCUT2D eigenvalue weighted by Crippen LogP contribution is 2.42. The molecule has 0 spiro atoms. The molecule has 0 radical (unpaired) electrons. The largest absolute Gasteiger partial charge is 0.379 e. The fraction of sp³-hybridized carbons (Fsp3) is 1.00. The SMILES string of the molecule is CNC1CC(OCCOCC(C)C)C1(C)C. The van der Waals surface area contributed by atoms with E-state index in [2.05, 4.69) is 33.0 Å². The second-order valence-corrected chi connectivity index (χ2v) is 5.73. The van der Waals surface area contributed by atoms with Crippen LogP contribution in [0.15, 0.2) is 0 Å². The van der Waals surface area contributed by atoms with Gasteiger partial charge in [0.1, 0.15) is 0 Å². The molecule has 0 aromatic rings. The monoisotopic (exact) mass is 229 g/mol. The quantitative estimate of drug-likeness (QED) is 0.678. The predicted molar refractivity (Wildman–Crippen MR) is 66.6 cm³/mol. The van der Waals surface area contributed by atoms with Crippen LogP contribution >= 0.6 is 0 Å². The zero-order valence-electron chi connectivity index (χ0n) is 11.4. The topological polar surface area (TPSA) is 30.5 Å². The van der Waals surface area contributed by atoms with Crippen LogP contribution in [0.1, 0.15) is 34.1 Å². The van der Waals surface area contributed by atoms with E-state index in [1.165, 1.54) is 0 Å². The van der Waals surface area contributed by atoms with Crippen molar-refractivity contribution in [3.05, 3.63) is 0 Å². The number of nitrogens with one attached hydrogen (secondary N) is 1. The molecule has 1 aliphatic carbocycles. The summed E-state index contributed by atoms with van der Waals surface area (Å²) in [6.45, 7) is 11.1. The molecule has 1 rings (SSSR count). The van der Waals surface area contributed by atoms with Gasteiger partial charge in [-0.25, -0.2) is 0 Å².